The van der Waals surface area contributed by atoms with Crippen molar-refractivity contribution in [3.05, 3.63) is 34.1 Å². The second-order valence-corrected chi connectivity index (χ2v) is 5.20. The van der Waals surface area contributed by atoms with E-state index in [9.17, 15) is 4.39 Å². The highest BCUT2D eigenvalue weighted by atomic mass is 79.9. The van der Waals surface area contributed by atoms with Crippen LogP contribution in [0.2, 0.25) is 0 Å². The fraction of sp³-hybridized carbons (Fsp3) is 0.455. The van der Waals surface area contributed by atoms with E-state index in [2.05, 4.69) is 15.9 Å². The highest BCUT2D eigenvalue weighted by Gasteiger charge is 2.25. The van der Waals surface area contributed by atoms with Gasteiger partial charge >= 0.3 is 0 Å². The van der Waals surface area contributed by atoms with E-state index in [0.717, 1.165) is 17.9 Å². The van der Waals surface area contributed by atoms with Crippen molar-refractivity contribution >= 4 is 27.5 Å². The van der Waals surface area contributed by atoms with Crippen molar-refractivity contribution in [2.45, 2.75) is 24.6 Å². The largest absolute Gasteiger partial charge is 0.206 e. The molecule has 0 amide bonds. The second kappa shape index (κ2) is 4.19. The maximum absolute atomic E-state index is 12.9. The minimum atomic E-state index is -0.232. The Balaban J connectivity index is 2.10. The maximum Gasteiger partial charge on any atom is 0.137 e. The summed E-state index contributed by atoms with van der Waals surface area (Å²) in [6, 6.07) is 5.00. The van der Waals surface area contributed by atoms with Crippen LogP contribution in [-0.2, 0) is 0 Å². The van der Waals surface area contributed by atoms with E-state index in [4.69, 9.17) is 11.6 Å². The van der Waals surface area contributed by atoms with E-state index >= 15 is 0 Å². The average Bonchev–Trinajstić information content (AvgIpc) is 2.93. The third-order valence-corrected chi connectivity index (χ3v) is 3.58. The van der Waals surface area contributed by atoms with Gasteiger partial charge in [0.15, 0.2) is 0 Å². The maximum atomic E-state index is 12.9. The molecule has 1 aliphatic carbocycles. The molecule has 0 N–H and O–H groups in total. The standard InChI is InChI=1S/C11H11BrClF/c12-9-6-8(3-4-11(9)14)10(13)5-7-1-2-7/h3-4,6-7,10H,1-2,5H2. The lowest BCUT2D eigenvalue weighted by Crippen LogP contribution is -1.92. The van der Waals surface area contributed by atoms with Gasteiger partial charge in [0, 0.05) is 0 Å². The normalized spacial score (nSPS) is 18.2. The summed E-state index contributed by atoms with van der Waals surface area (Å²) in [5.74, 6) is 0.561. The molecular formula is C11H11BrClF. The van der Waals surface area contributed by atoms with Gasteiger partial charge in [-0.05, 0) is 46.0 Å². The first-order chi connectivity index (χ1) is 6.66. The molecule has 76 valence electrons. The Labute approximate surface area is 96.6 Å². The third kappa shape index (κ3) is 2.48. The van der Waals surface area contributed by atoms with E-state index in [1.54, 1.807) is 12.1 Å². The summed E-state index contributed by atoms with van der Waals surface area (Å²) >= 11 is 9.38. The highest BCUT2D eigenvalue weighted by molar-refractivity contribution is 9.10. The van der Waals surface area contributed by atoms with E-state index in [-0.39, 0.29) is 11.2 Å². The summed E-state index contributed by atoms with van der Waals surface area (Å²) < 4.78 is 13.4. The Hall–Kier alpha value is -0.0800. The molecule has 1 atom stereocenters. The summed E-state index contributed by atoms with van der Waals surface area (Å²) in [6.45, 7) is 0. The van der Waals surface area contributed by atoms with Gasteiger partial charge in [0.25, 0.3) is 0 Å². The molecule has 0 saturated heterocycles. The first-order valence-electron chi connectivity index (χ1n) is 4.76. The van der Waals surface area contributed by atoms with Crippen molar-refractivity contribution in [1.82, 2.24) is 0 Å². The van der Waals surface area contributed by atoms with Gasteiger partial charge in [0.05, 0.1) is 9.85 Å². The summed E-state index contributed by atoms with van der Waals surface area (Å²) in [5, 5.41) is 0.0272. The zero-order valence-corrected chi connectivity index (χ0v) is 9.98. The molecule has 0 nitrogen and oxygen atoms in total. The number of benzene rings is 1. The van der Waals surface area contributed by atoms with Gasteiger partial charge < -0.3 is 0 Å². The van der Waals surface area contributed by atoms with Gasteiger partial charge in [0.2, 0.25) is 0 Å². The zero-order valence-electron chi connectivity index (χ0n) is 7.64. The smallest absolute Gasteiger partial charge is 0.137 e. The van der Waals surface area contributed by atoms with E-state index in [0.29, 0.717) is 4.47 Å². The predicted molar refractivity (Wildman–Crippen MR) is 60.0 cm³/mol. The summed E-state index contributed by atoms with van der Waals surface area (Å²) in [4.78, 5) is 0. The zero-order chi connectivity index (χ0) is 10.1. The van der Waals surface area contributed by atoms with Gasteiger partial charge in [-0.15, -0.1) is 11.6 Å². The van der Waals surface area contributed by atoms with Crippen LogP contribution in [0.25, 0.3) is 0 Å². The van der Waals surface area contributed by atoms with Gasteiger partial charge in [-0.25, -0.2) is 4.39 Å². The van der Waals surface area contributed by atoms with Crippen LogP contribution in [0.5, 0.6) is 0 Å². The van der Waals surface area contributed by atoms with Crippen LogP contribution in [0.1, 0.15) is 30.2 Å². The molecule has 0 radical (unpaired) electrons. The molecule has 14 heavy (non-hydrogen) atoms. The molecule has 0 bridgehead atoms. The Kier molecular flexibility index (Phi) is 3.13. The molecule has 1 aliphatic rings. The van der Waals surface area contributed by atoms with E-state index in [1.165, 1.54) is 18.9 Å². The van der Waals surface area contributed by atoms with E-state index in [1.807, 2.05) is 0 Å². The lowest BCUT2D eigenvalue weighted by molar-refractivity contribution is 0.618. The predicted octanol–water partition coefficient (Wildman–Crippen LogP) is 4.67. The topological polar surface area (TPSA) is 0 Å². The molecule has 0 aromatic heterocycles. The number of hydrogen-bond acceptors (Lipinski definition) is 0. The summed E-state index contributed by atoms with van der Waals surface area (Å²) in [7, 11) is 0. The molecule has 1 fully saturated rings. The number of halogens is 3. The van der Waals surface area contributed by atoms with Gasteiger partial charge in [0.1, 0.15) is 5.82 Å². The van der Waals surface area contributed by atoms with Crippen LogP contribution >= 0.6 is 27.5 Å². The fourth-order valence-corrected chi connectivity index (χ4v) is 2.27. The van der Waals surface area contributed by atoms with Crippen LogP contribution < -0.4 is 0 Å². The van der Waals surface area contributed by atoms with Crippen molar-refractivity contribution in [3.8, 4) is 0 Å². The third-order valence-electron chi connectivity index (χ3n) is 2.54. The molecule has 1 aromatic carbocycles. The monoisotopic (exact) mass is 276 g/mol. The lowest BCUT2D eigenvalue weighted by atomic mass is 10.1. The van der Waals surface area contributed by atoms with Crippen molar-refractivity contribution in [1.29, 1.82) is 0 Å². The average molecular weight is 278 g/mol. The molecule has 0 spiro atoms. The molecule has 1 aromatic rings. The first kappa shape index (κ1) is 10.4. The number of rotatable bonds is 3. The first-order valence-corrected chi connectivity index (χ1v) is 5.99. The Morgan fingerprint density at radius 1 is 1.50 bits per heavy atom. The lowest BCUT2D eigenvalue weighted by Gasteiger charge is -2.09. The number of alkyl halides is 1. The SMILES string of the molecule is Fc1ccc(C(Cl)CC2CC2)cc1Br. The van der Waals surface area contributed by atoms with Gasteiger partial charge in [-0.1, -0.05) is 18.9 Å². The van der Waals surface area contributed by atoms with Gasteiger partial charge in [-0.2, -0.15) is 0 Å². The molecule has 3 heteroatoms. The second-order valence-electron chi connectivity index (χ2n) is 3.82. The summed E-state index contributed by atoms with van der Waals surface area (Å²) in [5.41, 5.74) is 1.01. The molecule has 0 heterocycles. The van der Waals surface area contributed by atoms with Crippen LogP contribution in [0, 0.1) is 11.7 Å². The fourth-order valence-electron chi connectivity index (χ4n) is 1.49. The summed E-state index contributed by atoms with van der Waals surface area (Å²) in [6.07, 6.45) is 3.61. The molecule has 1 unspecified atom stereocenters. The van der Waals surface area contributed by atoms with Gasteiger partial charge in [-0.3, -0.25) is 0 Å². The Morgan fingerprint density at radius 3 is 2.79 bits per heavy atom. The molecular weight excluding hydrogens is 266 g/mol. The highest BCUT2D eigenvalue weighted by Crippen LogP contribution is 2.40. The van der Waals surface area contributed by atoms with E-state index < -0.39 is 0 Å². The minimum Gasteiger partial charge on any atom is -0.206 e. The van der Waals surface area contributed by atoms with Crippen molar-refractivity contribution in [2.75, 3.05) is 0 Å². The van der Waals surface area contributed by atoms with Crippen molar-refractivity contribution < 1.29 is 4.39 Å². The van der Waals surface area contributed by atoms with Crippen LogP contribution in [0.3, 0.4) is 0 Å². The Morgan fingerprint density at radius 2 is 2.21 bits per heavy atom. The quantitative estimate of drug-likeness (QED) is 0.704. The molecule has 1 saturated carbocycles. The van der Waals surface area contributed by atoms with Crippen LogP contribution in [0.4, 0.5) is 4.39 Å². The minimum absolute atomic E-state index is 0.0272. The van der Waals surface area contributed by atoms with Crippen LogP contribution in [0.15, 0.2) is 22.7 Å². The molecule has 0 aliphatic heterocycles. The van der Waals surface area contributed by atoms with Crippen LogP contribution in [-0.4, -0.2) is 0 Å². The number of hydrogen-bond donors (Lipinski definition) is 0. The molecule has 2 rings (SSSR count). The van der Waals surface area contributed by atoms with Crippen molar-refractivity contribution in [2.24, 2.45) is 5.92 Å². The van der Waals surface area contributed by atoms with Crippen molar-refractivity contribution in [3.63, 3.8) is 0 Å². The Bertz CT molecular complexity index is 336.